The summed E-state index contributed by atoms with van der Waals surface area (Å²) in [7, 11) is 0. The molecule has 1 aliphatic rings. The maximum atomic E-state index is 12.5. The molecule has 1 amide bonds. The van der Waals surface area contributed by atoms with E-state index in [4.69, 9.17) is 5.26 Å². The Hall–Kier alpha value is -1.83. The minimum atomic E-state index is 0.256. The highest BCUT2D eigenvalue weighted by Crippen LogP contribution is 2.22. The third-order valence-electron chi connectivity index (χ3n) is 4.78. The number of piperidine rings is 1. The molecule has 0 spiro atoms. The van der Waals surface area contributed by atoms with E-state index in [2.05, 4.69) is 25.0 Å². The first-order valence-corrected chi connectivity index (χ1v) is 8.60. The SMILES string of the molecule is Cc1nn(CCC#N)c(C)c1CCC(=O)N1CC(C)CC(C)C1. The number of hydrogen-bond acceptors (Lipinski definition) is 3. The van der Waals surface area contributed by atoms with Crippen LogP contribution in [0.15, 0.2) is 0 Å². The average Bonchev–Trinajstić information content (AvgIpc) is 2.76. The molecule has 2 unspecified atom stereocenters. The van der Waals surface area contributed by atoms with Crippen molar-refractivity contribution in [3.05, 3.63) is 17.0 Å². The molecule has 23 heavy (non-hydrogen) atoms. The van der Waals surface area contributed by atoms with E-state index in [1.54, 1.807) is 0 Å². The number of hydrogen-bond donors (Lipinski definition) is 0. The lowest BCUT2D eigenvalue weighted by Crippen LogP contribution is -2.42. The summed E-state index contributed by atoms with van der Waals surface area (Å²) >= 11 is 0. The Morgan fingerprint density at radius 3 is 2.57 bits per heavy atom. The van der Waals surface area contributed by atoms with Crippen LogP contribution in [0.1, 0.15) is 50.1 Å². The molecule has 0 aromatic carbocycles. The predicted molar refractivity (Wildman–Crippen MR) is 89.8 cm³/mol. The lowest BCUT2D eigenvalue weighted by Gasteiger charge is -2.35. The molecule has 0 radical (unpaired) electrons. The molecule has 126 valence electrons. The molecule has 0 bridgehead atoms. The molecule has 2 rings (SSSR count). The van der Waals surface area contributed by atoms with Crippen LogP contribution in [-0.2, 0) is 17.8 Å². The van der Waals surface area contributed by atoms with Gasteiger partial charge in [-0.25, -0.2) is 0 Å². The summed E-state index contributed by atoms with van der Waals surface area (Å²) in [5.41, 5.74) is 3.23. The monoisotopic (exact) mass is 316 g/mol. The summed E-state index contributed by atoms with van der Waals surface area (Å²) in [6, 6.07) is 2.15. The van der Waals surface area contributed by atoms with E-state index in [9.17, 15) is 4.79 Å². The molecule has 1 aromatic heterocycles. The largest absolute Gasteiger partial charge is 0.342 e. The highest BCUT2D eigenvalue weighted by molar-refractivity contribution is 5.76. The molecule has 0 aliphatic carbocycles. The standard InChI is InChI=1S/C18H28N4O/c1-13-10-14(2)12-21(11-13)18(23)7-6-17-15(3)20-22(16(17)4)9-5-8-19/h13-14H,5-7,9-12H2,1-4H3. The molecule has 0 saturated carbocycles. The van der Waals surface area contributed by atoms with Crippen LogP contribution < -0.4 is 0 Å². The van der Waals surface area contributed by atoms with Crippen molar-refractivity contribution in [3.8, 4) is 6.07 Å². The minimum Gasteiger partial charge on any atom is -0.342 e. The van der Waals surface area contributed by atoms with Crippen molar-refractivity contribution in [3.63, 3.8) is 0 Å². The summed E-state index contributed by atoms with van der Waals surface area (Å²) in [5, 5.41) is 13.2. The second-order valence-corrected chi connectivity index (χ2v) is 7.03. The lowest BCUT2D eigenvalue weighted by atomic mass is 9.91. The number of rotatable bonds is 5. The molecule has 5 nitrogen and oxygen atoms in total. The van der Waals surface area contributed by atoms with E-state index < -0.39 is 0 Å². The summed E-state index contributed by atoms with van der Waals surface area (Å²) in [5.74, 6) is 1.45. The molecular weight excluding hydrogens is 288 g/mol. The molecule has 2 atom stereocenters. The Morgan fingerprint density at radius 2 is 1.96 bits per heavy atom. The molecule has 0 N–H and O–H groups in total. The quantitative estimate of drug-likeness (QED) is 0.839. The second kappa shape index (κ2) is 7.63. The zero-order chi connectivity index (χ0) is 17.0. The van der Waals surface area contributed by atoms with E-state index in [0.29, 0.717) is 31.2 Å². The number of carbonyl (C=O) groups is 1. The van der Waals surface area contributed by atoms with Crippen LogP contribution in [-0.4, -0.2) is 33.7 Å². The fourth-order valence-corrected chi connectivity index (χ4v) is 3.73. The first-order chi connectivity index (χ1) is 10.9. The Labute approximate surface area is 139 Å². The molecule has 5 heteroatoms. The van der Waals surface area contributed by atoms with Crippen LogP contribution in [0.2, 0.25) is 0 Å². The first-order valence-electron chi connectivity index (χ1n) is 8.60. The van der Waals surface area contributed by atoms with E-state index in [-0.39, 0.29) is 5.91 Å². The van der Waals surface area contributed by atoms with Gasteiger partial charge in [0.2, 0.25) is 5.91 Å². The Kier molecular flexibility index (Phi) is 5.81. The minimum absolute atomic E-state index is 0.256. The highest BCUT2D eigenvalue weighted by Gasteiger charge is 2.25. The summed E-state index contributed by atoms with van der Waals surface area (Å²) in [6.45, 7) is 10.9. The van der Waals surface area contributed by atoms with Gasteiger partial charge in [0, 0.05) is 25.2 Å². The van der Waals surface area contributed by atoms with Crippen molar-refractivity contribution >= 4 is 5.91 Å². The van der Waals surface area contributed by atoms with Gasteiger partial charge in [0.25, 0.3) is 0 Å². The maximum Gasteiger partial charge on any atom is 0.222 e. The van der Waals surface area contributed by atoms with Crippen molar-refractivity contribution in [2.45, 2.75) is 59.9 Å². The first kappa shape index (κ1) is 17.5. The lowest BCUT2D eigenvalue weighted by molar-refractivity contribution is -0.133. The molecular formula is C18H28N4O. The van der Waals surface area contributed by atoms with Gasteiger partial charge in [0.1, 0.15) is 0 Å². The normalized spacial score (nSPS) is 21.3. The van der Waals surface area contributed by atoms with Crippen molar-refractivity contribution in [2.24, 2.45) is 11.8 Å². The Balaban J connectivity index is 1.96. The van der Waals surface area contributed by atoms with Gasteiger partial charge in [-0.15, -0.1) is 0 Å². The fraction of sp³-hybridized carbons (Fsp3) is 0.722. The molecule has 1 aromatic rings. The van der Waals surface area contributed by atoms with Crippen molar-refractivity contribution in [2.75, 3.05) is 13.1 Å². The number of amides is 1. The van der Waals surface area contributed by atoms with Gasteiger partial charge in [-0.3, -0.25) is 9.48 Å². The number of nitrogens with zero attached hydrogens (tertiary/aromatic N) is 4. The summed E-state index contributed by atoms with van der Waals surface area (Å²) < 4.78 is 1.89. The smallest absolute Gasteiger partial charge is 0.222 e. The molecule has 1 aliphatic heterocycles. The van der Waals surface area contributed by atoms with Crippen molar-refractivity contribution in [1.29, 1.82) is 5.26 Å². The van der Waals surface area contributed by atoms with Gasteiger partial charge in [0.05, 0.1) is 24.7 Å². The topological polar surface area (TPSA) is 61.9 Å². The molecule has 1 fully saturated rings. The number of aromatic nitrogens is 2. The number of aryl methyl sites for hydroxylation is 2. The van der Waals surface area contributed by atoms with Gasteiger partial charge in [0.15, 0.2) is 0 Å². The highest BCUT2D eigenvalue weighted by atomic mass is 16.2. The third kappa shape index (κ3) is 4.34. The van der Waals surface area contributed by atoms with Crippen LogP contribution in [0.5, 0.6) is 0 Å². The zero-order valence-electron chi connectivity index (χ0n) is 14.8. The Morgan fingerprint density at radius 1 is 1.30 bits per heavy atom. The number of nitriles is 1. The number of likely N-dealkylation sites (tertiary alicyclic amines) is 1. The van der Waals surface area contributed by atoms with Crippen molar-refractivity contribution < 1.29 is 4.79 Å². The van der Waals surface area contributed by atoms with E-state index in [0.717, 1.165) is 36.5 Å². The van der Waals surface area contributed by atoms with Gasteiger partial charge in [-0.2, -0.15) is 10.4 Å². The number of carbonyl (C=O) groups excluding carboxylic acids is 1. The van der Waals surface area contributed by atoms with Crippen LogP contribution in [0, 0.1) is 37.0 Å². The van der Waals surface area contributed by atoms with Crippen LogP contribution in [0.4, 0.5) is 0 Å². The average molecular weight is 316 g/mol. The van der Waals surface area contributed by atoms with Crippen LogP contribution in [0.25, 0.3) is 0 Å². The van der Waals surface area contributed by atoms with Gasteiger partial charge >= 0.3 is 0 Å². The fourth-order valence-electron chi connectivity index (χ4n) is 3.73. The van der Waals surface area contributed by atoms with Crippen molar-refractivity contribution in [1.82, 2.24) is 14.7 Å². The predicted octanol–water partition coefficient (Wildman–Crippen LogP) is 2.85. The van der Waals surface area contributed by atoms with Gasteiger partial charge < -0.3 is 4.90 Å². The summed E-state index contributed by atoms with van der Waals surface area (Å²) in [6.07, 6.45) is 2.96. The zero-order valence-corrected chi connectivity index (χ0v) is 14.8. The van der Waals surface area contributed by atoms with Crippen LogP contribution in [0.3, 0.4) is 0 Å². The Bertz CT molecular complexity index is 589. The van der Waals surface area contributed by atoms with Crippen LogP contribution >= 0.6 is 0 Å². The van der Waals surface area contributed by atoms with Gasteiger partial charge in [-0.1, -0.05) is 13.8 Å². The maximum absolute atomic E-state index is 12.5. The third-order valence-corrected chi connectivity index (χ3v) is 4.78. The van der Waals surface area contributed by atoms with Gasteiger partial charge in [-0.05, 0) is 44.1 Å². The van der Waals surface area contributed by atoms with E-state index >= 15 is 0 Å². The van der Waals surface area contributed by atoms with E-state index in [1.807, 2.05) is 23.4 Å². The molecule has 1 saturated heterocycles. The molecule has 2 heterocycles. The summed E-state index contributed by atoms with van der Waals surface area (Å²) in [4.78, 5) is 14.6. The second-order valence-electron chi connectivity index (χ2n) is 7.03. The van der Waals surface area contributed by atoms with E-state index in [1.165, 1.54) is 6.42 Å².